The molecule has 0 heterocycles. The minimum absolute atomic E-state index is 0.0283. The zero-order valence-corrected chi connectivity index (χ0v) is 15.2. The Hall–Kier alpha value is -0.203. The summed E-state index contributed by atoms with van der Waals surface area (Å²) in [5.41, 5.74) is 0. The van der Waals surface area contributed by atoms with E-state index in [2.05, 4.69) is 40.4 Å². The van der Waals surface area contributed by atoms with E-state index in [1.165, 1.54) is 0 Å². The predicted molar refractivity (Wildman–Crippen MR) is 85.5 cm³/mol. The van der Waals surface area contributed by atoms with Crippen LogP contribution in [0.3, 0.4) is 0 Å². The minimum Gasteiger partial charge on any atom is -0.411 e. The molecule has 0 aliphatic rings. The third-order valence-electron chi connectivity index (χ3n) is 3.76. The summed E-state index contributed by atoms with van der Waals surface area (Å²) in [7, 11) is -0.151. The highest BCUT2D eigenvalue weighted by Crippen LogP contribution is 2.37. The summed E-state index contributed by atoms with van der Waals surface area (Å²) in [6, 6.07) is 0. The topological polar surface area (TPSA) is 36.9 Å². The van der Waals surface area contributed by atoms with Crippen LogP contribution in [0, 0.1) is 0 Å². The summed E-state index contributed by atoms with van der Waals surface area (Å²) in [5, 5.41) is 0.182. The van der Waals surface area contributed by atoms with E-state index in [4.69, 9.17) is 18.6 Å². The van der Waals surface area contributed by atoms with E-state index in [0.717, 1.165) is 0 Å². The fourth-order valence-electron chi connectivity index (χ4n) is 1.43. The molecule has 2 atom stereocenters. The number of hydrogen-bond donors (Lipinski definition) is 0. The normalized spacial score (nSPS) is 15.9. The number of methoxy groups -OCH3 is 1. The average Bonchev–Trinajstić information content (AvgIpc) is 2.31. The van der Waals surface area contributed by atoms with Crippen LogP contribution in [0.1, 0.15) is 27.7 Å². The van der Waals surface area contributed by atoms with Gasteiger partial charge in [0.2, 0.25) is 0 Å². The van der Waals surface area contributed by atoms with Gasteiger partial charge in [-0.15, -0.1) is 6.58 Å². The first-order chi connectivity index (χ1) is 9.15. The molecule has 0 fully saturated rings. The maximum absolute atomic E-state index is 6.30. The molecule has 0 amide bonds. The third kappa shape index (κ3) is 6.99. The molecular weight excluding hydrogens is 272 g/mol. The van der Waals surface area contributed by atoms with Gasteiger partial charge in [0.25, 0.3) is 0 Å². The van der Waals surface area contributed by atoms with Crippen molar-refractivity contribution in [1.82, 2.24) is 0 Å². The van der Waals surface area contributed by atoms with Crippen molar-refractivity contribution in [2.24, 2.45) is 0 Å². The lowest BCUT2D eigenvalue weighted by Crippen LogP contribution is -2.46. The molecule has 4 nitrogen and oxygen atoms in total. The van der Waals surface area contributed by atoms with E-state index in [-0.39, 0.29) is 24.0 Å². The zero-order valence-electron chi connectivity index (χ0n) is 14.2. The van der Waals surface area contributed by atoms with Gasteiger partial charge in [0.1, 0.15) is 12.9 Å². The smallest absolute Gasteiger partial charge is 0.192 e. The summed E-state index contributed by atoms with van der Waals surface area (Å²) in [4.78, 5) is 0. The third-order valence-corrected chi connectivity index (χ3v) is 8.33. The summed E-state index contributed by atoms with van der Waals surface area (Å²) in [6.07, 6.45) is 1.59. The molecule has 5 heteroatoms. The lowest BCUT2D eigenvalue weighted by molar-refractivity contribution is -0.107. The Balaban J connectivity index is 4.27. The maximum atomic E-state index is 6.30. The first kappa shape index (κ1) is 19.8. The van der Waals surface area contributed by atoms with Crippen LogP contribution < -0.4 is 0 Å². The van der Waals surface area contributed by atoms with Gasteiger partial charge in [-0.05, 0) is 25.1 Å². The highest BCUT2D eigenvalue weighted by atomic mass is 28.4. The van der Waals surface area contributed by atoms with Gasteiger partial charge in [0, 0.05) is 7.11 Å². The molecule has 0 unspecified atom stereocenters. The molecule has 0 radical (unpaired) electrons. The van der Waals surface area contributed by atoms with Crippen molar-refractivity contribution in [3.8, 4) is 0 Å². The molecule has 0 aromatic carbocycles. The van der Waals surface area contributed by atoms with Crippen molar-refractivity contribution < 1.29 is 18.6 Å². The van der Waals surface area contributed by atoms with Crippen LogP contribution in [-0.2, 0) is 18.6 Å². The fourth-order valence-corrected chi connectivity index (χ4v) is 2.85. The van der Waals surface area contributed by atoms with Crippen molar-refractivity contribution in [3.05, 3.63) is 12.7 Å². The Kier molecular flexibility index (Phi) is 8.86. The molecule has 0 saturated heterocycles. The Morgan fingerprint density at radius 2 is 1.80 bits per heavy atom. The van der Waals surface area contributed by atoms with Crippen LogP contribution in [0.25, 0.3) is 0 Å². The summed E-state index contributed by atoms with van der Waals surface area (Å²) >= 11 is 0. The fraction of sp³-hybridized carbons (Fsp3) is 0.867. The molecule has 0 rings (SSSR count). The monoisotopic (exact) mass is 304 g/mol. The van der Waals surface area contributed by atoms with E-state index in [9.17, 15) is 0 Å². The van der Waals surface area contributed by atoms with Crippen LogP contribution in [0.2, 0.25) is 18.1 Å². The molecule has 0 saturated carbocycles. The van der Waals surface area contributed by atoms with E-state index >= 15 is 0 Å². The molecule has 120 valence electrons. The molecule has 0 aliphatic heterocycles. The van der Waals surface area contributed by atoms with Crippen molar-refractivity contribution in [3.63, 3.8) is 0 Å². The molecule has 0 aromatic rings. The van der Waals surface area contributed by atoms with E-state index in [0.29, 0.717) is 13.2 Å². The van der Waals surface area contributed by atoms with Gasteiger partial charge >= 0.3 is 0 Å². The van der Waals surface area contributed by atoms with Gasteiger partial charge in [0.15, 0.2) is 8.32 Å². The predicted octanol–water partition coefficient (Wildman–Crippen LogP) is 3.59. The standard InChI is InChI=1S/C15H32O4Si/c1-9-14(18-12-17-11-10-16-6)13(2)19-20(7,8)15(3,4)5/h9,13-14H,1,10-12H2,2-8H3/t13-,14-/m0/s1. The van der Waals surface area contributed by atoms with Crippen LogP contribution >= 0.6 is 0 Å². The number of ether oxygens (including phenoxy) is 3. The largest absolute Gasteiger partial charge is 0.411 e. The Morgan fingerprint density at radius 1 is 1.20 bits per heavy atom. The molecule has 0 bridgehead atoms. The van der Waals surface area contributed by atoms with Gasteiger partial charge < -0.3 is 18.6 Å². The molecule has 0 aliphatic carbocycles. The molecular formula is C15H32O4Si. The van der Waals surface area contributed by atoms with Crippen molar-refractivity contribution >= 4 is 8.32 Å². The number of hydrogen-bond acceptors (Lipinski definition) is 4. The first-order valence-electron chi connectivity index (χ1n) is 7.14. The highest BCUT2D eigenvalue weighted by Gasteiger charge is 2.39. The maximum Gasteiger partial charge on any atom is 0.192 e. The van der Waals surface area contributed by atoms with Gasteiger partial charge in [-0.2, -0.15) is 0 Å². The van der Waals surface area contributed by atoms with Gasteiger partial charge in [-0.1, -0.05) is 26.8 Å². The van der Waals surface area contributed by atoms with Crippen molar-refractivity contribution in [2.75, 3.05) is 27.1 Å². The Bertz CT molecular complexity index is 274. The summed E-state index contributed by atoms with van der Waals surface area (Å²) < 4.78 is 22.2. The SMILES string of the molecule is C=C[C@H](OCOCCOC)[C@H](C)O[Si](C)(C)C(C)(C)C. The van der Waals surface area contributed by atoms with Crippen molar-refractivity contribution in [2.45, 2.75) is 58.0 Å². The van der Waals surface area contributed by atoms with Crippen LogP contribution in [0.5, 0.6) is 0 Å². The average molecular weight is 305 g/mol. The second kappa shape index (κ2) is 8.95. The lowest BCUT2D eigenvalue weighted by Gasteiger charge is -2.39. The number of rotatable bonds is 10. The summed E-state index contributed by atoms with van der Waals surface area (Å²) in [5.74, 6) is 0. The molecule has 0 N–H and O–H groups in total. The highest BCUT2D eigenvalue weighted by molar-refractivity contribution is 6.74. The van der Waals surface area contributed by atoms with Crippen LogP contribution in [0.15, 0.2) is 12.7 Å². The summed E-state index contributed by atoms with van der Waals surface area (Å²) in [6.45, 7) is 18.3. The second-order valence-corrected chi connectivity index (χ2v) is 11.2. The Morgan fingerprint density at radius 3 is 2.25 bits per heavy atom. The quantitative estimate of drug-likeness (QED) is 0.267. The zero-order chi connectivity index (χ0) is 15.8. The molecule has 20 heavy (non-hydrogen) atoms. The van der Waals surface area contributed by atoms with E-state index < -0.39 is 8.32 Å². The van der Waals surface area contributed by atoms with E-state index in [1.807, 2.05) is 6.92 Å². The molecule has 0 spiro atoms. The lowest BCUT2D eigenvalue weighted by atomic mass is 10.2. The van der Waals surface area contributed by atoms with Gasteiger partial charge in [0.05, 0.1) is 19.3 Å². The van der Waals surface area contributed by atoms with Crippen molar-refractivity contribution in [1.29, 1.82) is 0 Å². The first-order valence-corrected chi connectivity index (χ1v) is 10.0. The molecule has 0 aromatic heterocycles. The Labute approximate surface area is 125 Å². The van der Waals surface area contributed by atoms with Gasteiger partial charge in [-0.25, -0.2) is 0 Å². The minimum atomic E-state index is -1.80. The van der Waals surface area contributed by atoms with Crippen LogP contribution in [0.4, 0.5) is 0 Å². The van der Waals surface area contributed by atoms with Gasteiger partial charge in [-0.3, -0.25) is 0 Å². The van der Waals surface area contributed by atoms with Crippen LogP contribution in [-0.4, -0.2) is 47.6 Å². The van der Waals surface area contributed by atoms with E-state index in [1.54, 1.807) is 13.2 Å². The second-order valence-electron chi connectivity index (χ2n) is 6.47.